The molecular weight excluding hydrogens is 393 g/mol. The fraction of sp³-hybridized carbons (Fsp3) is 0.619. The van der Waals surface area contributed by atoms with Crippen LogP contribution in [0.5, 0.6) is 5.75 Å². The minimum atomic E-state index is -0.338. The summed E-state index contributed by atoms with van der Waals surface area (Å²) in [5.74, 6) is 0.548. The Balaban J connectivity index is 1.32. The Morgan fingerprint density at radius 1 is 1.34 bits per heavy atom. The van der Waals surface area contributed by atoms with Crippen LogP contribution in [0, 0.1) is 11.7 Å². The van der Waals surface area contributed by atoms with Crippen LogP contribution in [0.25, 0.3) is 10.2 Å². The number of carbonyl (C=O) groups is 1. The second-order valence-corrected chi connectivity index (χ2v) is 9.13. The van der Waals surface area contributed by atoms with Crippen molar-refractivity contribution in [1.29, 1.82) is 0 Å². The molecule has 6 nitrogen and oxygen atoms in total. The van der Waals surface area contributed by atoms with Crippen LogP contribution in [0.3, 0.4) is 0 Å². The summed E-state index contributed by atoms with van der Waals surface area (Å²) in [7, 11) is 0. The van der Waals surface area contributed by atoms with E-state index in [0.29, 0.717) is 30.4 Å². The third kappa shape index (κ3) is 5.36. The Labute approximate surface area is 174 Å². The molecule has 158 valence electrons. The van der Waals surface area contributed by atoms with E-state index < -0.39 is 0 Å². The Morgan fingerprint density at radius 3 is 2.79 bits per heavy atom. The van der Waals surface area contributed by atoms with Gasteiger partial charge in [0, 0.05) is 38.2 Å². The van der Waals surface area contributed by atoms with Gasteiger partial charge < -0.3 is 19.7 Å². The maximum Gasteiger partial charge on any atom is 0.217 e. The summed E-state index contributed by atoms with van der Waals surface area (Å²) in [6.07, 6.45) is 4.37. The molecule has 0 radical (unpaired) electrons. The first kappa shape index (κ1) is 20.3. The first-order valence-electron chi connectivity index (χ1n) is 10.3. The number of benzene rings is 1. The number of nitrogens with zero attached hydrogens (tertiary/aromatic N) is 2. The van der Waals surface area contributed by atoms with Gasteiger partial charge in [0.2, 0.25) is 5.91 Å². The third-order valence-electron chi connectivity index (χ3n) is 5.35. The first-order valence-corrected chi connectivity index (χ1v) is 11.2. The van der Waals surface area contributed by atoms with E-state index in [1.54, 1.807) is 17.4 Å². The summed E-state index contributed by atoms with van der Waals surface area (Å²) in [5, 5.41) is 3.76. The van der Waals surface area contributed by atoms with Gasteiger partial charge in [0.25, 0.3) is 0 Å². The molecule has 1 N–H and O–H groups in total. The largest absolute Gasteiger partial charge is 0.490 e. The number of carbonyl (C=O) groups excluding carboxylic acids is 1. The molecule has 0 bridgehead atoms. The van der Waals surface area contributed by atoms with E-state index in [1.807, 2.05) is 6.92 Å². The predicted octanol–water partition coefficient (Wildman–Crippen LogP) is 3.73. The topological polar surface area (TPSA) is 63.7 Å². The van der Waals surface area contributed by atoms with E-state index in [-0.39, 0.29) is 23.9 Å². The van der Waals surface area contributed by atoms with Crippen LogP contribution in [-0.4, -0.2) is 49.3 Å². The quantitative estimate of drug-likeness (QED) is 0.704. The number of fused-ring (bicyclic) bond motifs is 1. The van der Waals surface area contributed by atoms with E-state index in [9.17, 15) is 9.18 Å². The summed E-state index contributed by atoms with van der Waals surface area (Å²) < 4.78 is 26.9. The molecular formula is C21H28FN3O3S. The van der Waals surface area contributed by atoms with Crippen molar-refractivity contribution in [1.82, 2.24) is 10.3 Å². The van der Waals surface area contributed by atoms with Crippen molar-refractivity contribution < 1.29 is 18.7 Å². The molecule has 2 aromatic rings. The zero-order chi connectivity index (χ0) is 20.4. The van der Waals surface area contributed by atoms with Crippen molar-refractivity contribution in [2.45, 2.75) is 51.7 Å². The molecule has 1 amide bonds. The highest BCUT2D eigenvalue weighted by Gasteiger charge is 2.24. The molecule has 2 aliphatic rings. The average molecular weight is 422 g/mol. The molecule has 1 atom stereocenters. The lowest BCUT2D eigenvalue weighted by Crippen LogP contribution is -2.40. The molecule has 1 saturated heterocycles. The van der Waals surface area contributed by atoms with Gasteiger partial charge in [-0.25, -0.2) is 9.37 Å². The minimum absolute atomic E-state index is 0.0148. The van der Waals surface area contributed by atoms with Crippen LogP contribution in [0.15, 0.2) is 12.1 Å². The van der Waals surface area contributed by atoms with Crippen molar-refractivity contribution in [2.75, 3.05) is 31.2 Å². The highest BCUT2D eigenvalue weighted by Crippen LogP contribution is 2.35. The van der Waals surface area contributed by atoms with E-state index >= 15 is 0 Å². The number of rotatable bonds is 8. The van der Waals surface area contributed by atoms with E-state index in [4.69, 9.17) is 9.47 Å². The number of aromatic nitrogens is 1. The molecule has 1 aliphatic carbocycles. The van der Waals surface area contributed by atoms with Crippen LogP contribution in [0.2, 0.25) is 0 Å². The second kappa shape index (κ2) is 8.83. The standard InChI is InChI=1S/C21H28FN3O3S/c1-13(23-14(2)26)11-27-16-5-7-25(8-6-16)21-24-18-9-17(22)19(10-20(18)29-21)28-12-15-3-4-15/h9-10,13,15-16H,3-8,11-12H2,1-2H3,(H,23,26)/t13-/m0/s1. The van der Waals surface area contributed by atoms with Crippen molar-refractivity contribution in [2.24, 2.45) is 5.92 Å². The van der Waals surface area contributed by atoms with Gasteiger partial charge in [-0.1, -0.05) is 11.3 Å². The van der Waals surface area contributed by atoms with Crippen LogP contribution in [0.4, 0.5) is 9.52 Å². The monoisotopic (exact) mass is 421 g/mol. The molecule has 1 aliphatic heterocycles. The fourth-order valence-electron chi connectivity index (χ4n) is 3.54. The van der Waals surface area contributed by atoms with E-state index in [2.05, 4.69) is 15.2 Å². The normalized spacial score (nSPS) is 18.8. The molecule has 1 saturated carbocycles. The zero-order valence-electron chi connectivity index (χ0n) is 16.9. The Morgan fingerprint density at radius 2 is 2.10 bits per heavy atom. The number of nitrogens with one attached hydrogen (secondary N) is 1. The minimum Gasteiger partial charge on any atom is -0.490 e. The van der Waals surface area contributed by atoms with Crippen LogP contribution < -0.4 is 15.0 Å². The molecule has 2 fully saturated rings. The van der Waals surface area contributed by atoms with Crippen LogP contribution >= 0.6 is 11.3 Å². The summed E-state index contributed by atoms with van der Waals surface area (Å²) >= 11 is 1.58. The summed E-state index contributed by atoms with van der Waals surface area (Å²) in [5.41, 5.74) is 0.684. The number of halogens is 1. The molecule has 29 heavy (non-hydrogen) atoms. The third-order valence-corrected chi connectivity index (χ3v) is 6.43. The highest BCUT2D eigenvalue weighted by molar-refractivity contribution is 7.22. The lowest BCUT2D eigenvalue weighted by Gasteiger charge is -2.32. The van der Waals surface area contributed by atoms with Gasteiger partial charge in [0.1, 0.15) is 0 Å². The summed E-state index contributed by atoms with van der Waals surface area (Å²) in [4.78, 5) is 18.0. The number of amides is 1. The average Bonchev–Trinajstić information content (AvgIpc) is 3.43. The van der Waals surface area contributed by atoms with Gasteiger partial charge in [0.05, 0.1) is 29.5 Å². The molecule has 8 heteroatoms. The van der Waals surface area contributed by atoms with Crippen LogP contribution in [0.1, 0.15) is 39.5 Å². The smallest absolute Gasteiger partial charge is 0.217 e. The SMILES string of the molecule is CC(=O)N[C@@H](C)COC1CCN(c2nc3cc(F)c(OCC4CC4)cc3s2)CC1. The molecule has 0 unspecified atom stereocenters. The Hall–Kier alpha value is -1.93. The van der Waals surface area contributed by atoms with Gasteiger partial charge >= 0.3 is 0 Å². The Bertz CT molecular complexity index is 862. The second-order valence-electron chi connectivity index (χ2n) is 8.12. The predicted molar refractivity (Wildman–Crippen MR) is 112 cm³/mol. The van der Waals surface area contributed by atoms with Gasteiger partial charge in [-0.05, 0) is 38.5 Å². The molecule has 1 aromatic carbocycles. The maximum atomic E-state index is 14.3. The van der Waals surface area contributed by atoms with Crippen molar-refractivity contribution in [3.63, 3.8) is 0 Å². The number of anilines is 1. The highest BCUT2D eigenvalue weighted by atomic mass is 32.1. The lowest BCUT2D eigenvalue weighted by atomic mass is 10.1. The lowest BCUT2D eigenvalue weighted by molar-refractivity contribution is -0.120. The van der Waals surface area contributed by atoms with Gasteiger partial charge in [-0.15, -0.1) is 0 Å². The Kier molecular flexibility index (Phi) is 6.20. The molecule has 4 rings (SSSR count). The van der Waals surface area contributed by atoms with Gasteiger partial charge in [-0.2, -0.15) is 0 Å². The zero-order valence-corrected chi connectivity index (χ0v) is 17.8. The van der Waals surface area contributed by atoms with Gasteiger partial charge in [0.15, 0.2) is 16.7 Å². The van der Waals surface area contributed by atoms with Crippen molar-refractivity contribution >= 4 is 32.6 Å². The maximum absolute atomic E-state index is 14.3. The number of thiazole rings is 1. The number of hydrogen-bond acceptors (Lipinski definition) is 6. The summed E-state index contributed by atoms with van der Waals surface area (Å²) in [6.45, 7) is 6.29. The first-order chi connectivity index (χ1) is 14.0. The summed E-state index contributed by atoms with van der Waals surface area (Å²) in [6, 6.07) is 3.28. The van der Waals surface area contributed by atoms with Crippen LogP contribution in [-0.2, 0) is 9.53 Å². The molecule has 1 aromatic heterocycles. The number of hydrogen-bond donors (Lipinski definition) is 1. The van der Waals surface area contributed by atoms with Crippen molar-refractivity contribution in [3.05, 3.63) is 17.9 Å². The molecule has 2 heterocycles. The van der Waals surface area contributed by atoms with Crippen molar-refractivity contribution in [3.8, 4) is 5.75 Å². The van der Waals surface area contributed by atoms with E-state index in [1.165, 1.54) is 25.8 Å². The fourth-order valence-corrected chi connectivity index (χ4v) is 4.57. The number of ether oxygens (including phenoxy) is 2. The van der Waals surface area contributed by atoms with Gasteiger partial charge in [-0.3, -0.25) is 4.79 Å². The number of piperidine rings is 1. The molecule has 0 spiro atoms. The van der Waals surface area contributed by atoms with E-state index in [0.717, 1.165) is 35.8 Å².